The van der Waals surface area contributed by atoms with Crippen molar-refractivity contribution in [2.24, 2.45) is 17.8 Å². The van der Waals surface area contributed by atoms with Gasteiger partial charge in [0, 0.05) is 5.39 Å². The largest absolute Gasteiger partial charge is 0.483 e. The first-order valence-corrected chi connectivity index (χ1v) is 11.8. The molecule has 0 aliphatic heterocycles. The molecule has 0 N–H and O–H groups in total. The zero-order chi connectivity index (χ0) is 21.1. The Morgan fingerprint density at radius 3 is 2.63 bits per heavy atom. The first kappa shape index (κ1) is 21.3. The van der Waals surface area contributed by atoms with Crippen molar-refractivity contribution < 1.29 is 13.5 Å². The van der Waals surface area contributed by atoms with E-state index < -0.39 is 11.6 Å². The Bertz CT molecular complexity index is 903. The summed E-state index contributed by atoms with van der Waals surface area (Å²) < 4.78 is 34.7. The molecule has 2 saturated carbocycles. The molecular formula is C27H34F2O. The lowest BCUT2D eigenvalue weighted by molar-refractivity contribution is 0.114. The van der Waals surface area contributed by atoms with Gasteiger partial charge in [0.05, 0.1) is 0 Å². The lowest BCUT2D eigenvalue weighted by Crippen LogP contribution is -2.30. The Labute approximate surface area is 179 Å². The summed E-state index contributed by atoms with van der Waals surface area (Å²) in [6.45, 7) is 4.31. The smallest absolute Gasteiger partial charge is 0.191 e. The van der Waals surface area contributed by atoms with Gasteiger partial charge >= 0.3 is 0 Å². The molecule has 3 heteroatoms. The van der Waals surface area contributed by atoms with Crippen molar-refractivity contribution in [3.63, 3.8) is 0 Å². The van der Waals surface area contributed by atoms with Gasteiger partial charge in [-0.05, 0) is 79.7 Å². The fourth-order valence-electron chi connectivity index (χ4n) is 5.90. The third kappa shape index (κ3) is 4.40. The number of hydrogen-bond donors (Lipinski definition) is 0. The molecule has 2 aliphatic carbocycles. The molecule has 2 aliphatic rings. The van der Waals surface area contributed by atoms with E-state index in [4.69, 9.17) is 4.74 Å². The van der Waals surface area contributed by atoms with Crippen LogP contribution in [0.15, 0.2) is 36.4 Å². The van der Waals surface area contributed by atoms with Crippen LogP contribution in [0.1, 0.15) is 76.7 Å². The second-order valence-corrected chi connectivity index (χ2v) is 9.36. The molecule has 2 aromatic rings. The molecule has 4 atom stereocenters. The van der Waals surface area contributed by atoms with Crippen molar-refractivity contribution in [1.29, 1.82) is 0 Å². The van der Waals surface area contributed by atoms with Crippen LogP contribution in [0.5, 0.6) is 5.75 Å². The van der Waals surface area contributed by atoms with Gasteiger partial charge in [0.25, 0.3) is 0 Å². The monoisotopic (exact) mass is 412 g/mol. The summed E-state index contributed by atoms with van der Waals surface area (Å²) in [7, 11) is 0. The standard InChI is InChI=1S/C27H34F2O/c1-3-5-13-30-27-25(28)17-23-16-22(11-12-24(23)26(27)29)21-10-9-19-14-18(6-4-2)7-8-20(19)15-21/h3,5,11-12,16-21H,4,6-10,13-15H2,1-2H3/b5-3+/t18?,19-,20?,21-/m1/s1. The molecule has 4 rings (SSSR count). The van der Waals surface area contributed by atoms with E-state index in [0.717, 1.165) is 17.8 Å². The normalized spacial score (nSPS) is 26.8. The van der Waals surface area contributed by atoms with E-state index in [2.05, 4.69) is 6.92 Å². The molecule has 2 unspecified atom stereocenters. The van der Waals surface area contributed by atoms with E-state index in [1.165, 1.54) is 63.0 Å². The Kier molecular flexibility index (Phi) is 6.75. The summed E-state index contributed by atoms with van der Waals surface area (Å²) in [5.74, 6) is 1.65. The summed E-state index contributed by atoms with van der Waals surface area (Å²) in [5.41, 5.74) is 1.23. The Morgan fingerprint density at radius 2 is 1.83 bits per heavy atom. The van der Waals surface area contributed by atoms with E-state index in [1.807, 2.05) is 25.1 Å². The Hall–Kier alpha value is -1.90. The predicted octanol–water partition coefficient (Wildman–Crippen LogP) is 8.17. The minimum atomic E-state index is -0.625. The van der Waals surface area contributed by atoms with Crippen LogP contribution in [-0.4, -0.2) is 6.61 Å². The highest BCUT2D eigenvalue weighted by atomic mass is 19.1. The van der Waals surface area contributed by atoms with E-state index >= 15 is 0 Å². The second-order valence-electron chi connectivity index (χ2n) is 9.36. The summed E-state index contributed by atoms with van der Waals surface area (Å²) in [6.07, 6.45) is 14.1. The van der Waals surface area contributed by atoms with Crippen LogP contribution in [-0.2, 0) is 0 Å². The van der Waals surface area contributed by atoms with Gasteiger partial charge in [-0.3, -0.25) is 0 Å². The first-order valence-electron chi connectivity index (χ1n) is 11.8. The zero-order valence-electron chi connectivity index (χ0n) is 18.3. The van der Waals surface area contributed by atoms with Crippen molar-refractivity contribution in [2.75, 3.05) is 6.61 Å². The molecule has 2 aromatic carbocycles. The van der Waals surface area contributed by atoms with E-state index in [-0.39, 0.29) is 12.4 Å². The number of fused-ring (bicyclic) bond motifs is 2. The van der Waals surface area contributed by atoms with Crippen LogP contribution in [0.25, 0.3) is 10.8 Å². The van der Waals surface area contributed by atoms with Gasteiger partial charge in [-0.1, -0.05) is 56.5 Å². The van der Waals surface area contributed by atoms with Crippen LogP contribution >= 0.6 is 0 Å². The minimum Gasteiger partial charge on any atom is -0.483 e. The van der Waals surface area contributed by atoms with Crippen LogP contribution < -0.4 is 4.74 Å². The molecule has 0 heterocycles. The average Bonchev–Trinajstić information content (AvgIpc) is 2.75. The average molecular weight is 413 g/mol. The van der Waals surface area contributed by atoms with Crippen molar-refractivity contribution in [3.8, 4) is 5.75 Å². The van der Waals surface area contributed by atoms with Crippen LogP contribution in [0.4, 0.5) is 8.78 Å². The maximum absolute atomic E-state index is 14.9. The topological polar surface area (TPSA) is 9.23 Å². The molecule has 0 bridgehead atoms. The molecule has 0 aromatic heterocycles. The van der Waals surface area contributed by atoms with Crippen molar-refractivity contribution in [2.45, 2.75) is 71.1 Å². The molecule has 2 fully saturated rings. The van der Waals surface area contributed by atoms with Gasteiger partial charge < -0.3 is 4.74 Å². The van der Waals surface area contributed by atoms with Crippen molar-refractivity contribution >= 4 is 10.8 Å². The third-order valence-corrected chi connectivity index (χ3v) is 7.46. The van der Waals surface area contributed by atoms with Crippen molar-refractivity contribution in [1.82, 2.24) is 0 Å². The Balaban J connectivity index is 1.51. The molecule has 0 saturated heterocycles. The highest BCUT2D eigenvalue weighted by Crippen LogP contribution is 2.48. The van der Waals surface area contributed by atoms with E-state index in [1.54, 1.807) is 12.2 Å². The number of rotatable bonds is 6. The number of allylic oxidation sites excluding steroid dienone is 1. The highest BCUT2D eigenvalue weighted by Gasteiger charge is 2.35. The summed E-state index contributed by atoms with van der Waals surface area (Å²) in [4.78, 5) is 0. The zero-order valence-corrected chi connectivity index (χ0v) is 18.3. The highest BCUT2D eigenvalue weighted by molar-refractivity contribution is 5.85. The maximum atomic E-state index is 14.9. The number of halogens is 2. The first-order chi connectivity index (χ1) is 14.6. The van der Waals surface area contributed by atoms with Gasteiger partial charge in [0.1, 0.15) is 6.61 Å². The minimum absolute atomic E-state index is 0.164. The van der Waals surface area contributed by atoms with Crippen molar-refractivity contribution in [3.05, 3.63) is 53.6 Å². The van der Waals surface area contributed by atoms with Crippen LogP contribution in [0.2, 0.25) is 0 Å². The van der Waals surface area contributed by atoms with Gasteiger partial charge in [-0.15, -0.1) is 0 Å². The number of hydrogen-bond acceptors (Lipinski definition) is 1. The lowest BCUT2D eigenvalue weighted by atomic mass is 9.63. The van der Waals surface area contributed by atoms with Gasteiger partial charge in [-0.25, -0.2) is 8.78 Å². The molecule has 0 amide bonds. The predicted molar refractivity (Wildman–Crippen MR) is 120 cm³/mol. The van der Waals surface area contributed by atoms with Crippen LogP contribution in [0, 0.1) is 29.4 Å². The van der Waals surface area contributed by atoms with Gasteiger partial charge in [0.2, 0.25) is 0 Å². The van der Waals surface area contributed by atoms with E-state index in [0.29, 0.717) is 16.7 Å². The third-order valence-electron chi connectivity index (χ3n) is 7.46. The quantitative estimate of drug-likeness (QED) is 0.435. The fourth-order valence-corrected chi connectivity index (χ4v) is 5.90. The maximum Gasteiger partial charge on any atom is 0.191 e. The van der Waals surface area contributed by atoms with Gasteiger partial charge in [-0.2, -0.15) is 0 Å². The Morgan fingerprint density at radius 1 is 1.03 bits per heavy atom. The molecule has 0 radical (unpaired) electrons. The van der Waals surface area contributed by atoms with Gasteiger partial charge in [0.15, 0.2) is 17.4 Å². The number of ether oxygens (including phenoxy) is 1. The summed E-state index contributed by atoms with van der Waals surface area (Å²) in [5, 5.41) is 1.07. The van der Waals surface area contributed by atoms with E-state index in [9.17, 15) is 8.78 Å². The molecular weight excluding hydrogens is 378 g/mol. The van der Waals surface area contributed by atoms with Crippen LogP contribution in [0.3, 0.4) is 0 Å². The second kappa shape index (κ2) is 9.49. The SMILES string of the molecule is C/C=C/COc1c(F)cc2cc([C@@H]3CC[C@@H]4CC(CCC)CCC4C3)ccc2c1F. The molecule has 162 valence electrons. The summed E-state index contributed by atoms with van der Waals surface area (Å²) >= 11 is 0. The molecule has 30 heavy (non-hydrogen) atoms. The lowest BCUT2D eigenvalue weighted by Gasteiger charge is -2.42. The summed E-state index contributed by atoms with van der Waals surface area (Å²) in [6, 6.07) is 7.29. The fraction of sp³-hybridized carbons (Fsp3) is 0.556. The molecule has 0 spiro atoms. The molecule has 1 nitrogen and oxygen atoms in total. The number of benzene rings is 2.